The number of morpholine rings is 1. The normalized spacial score (nSPS) is 15.0. The monoisotopic (exact) mass is 498 g/mol. The van der Waals surface area contributed by atoms with Gasteiger partial charge in [0.2, 0.25) is 0 Å². The summed E-state index contributed by atoms with van der Waals surface area (Å²) in [4.78, 5) is 6.65. The topological polar surface area (TPSA) is 48.9 Å². The van der Waals surface area contributed by atoms with Gasteiger partial charge >= 0.3 is 0 Å². The molecule has 0 amide bonds. The molecule has 2 aromatic rings. The molecule has 2 N–H and O–H groups in total. The Morgan fingerprint density at radius 3 is 1.96 bits per heavy atom. The van der Waals surface area contributed by atoms with Crippen molar-refractivity contribution in [2.24, 2.45) is 4.99 Å². The summed E-state index contributed by atoms with van der Waals surface area (Å²) in [5.41, 5.74) is 3.52. The maximum atomic E-state index is 13.0. The van der Waals surface area contributed by atoms with Gasteiger partial charge in [-0.25, -0.2) is 4.39 Å². The van der Waals surface area contributed by atoms with Crippen molar-refractivity contribution in [1.82, 2.24) is 15.5 Å². The molecule has 2 aromatic carbocycles. The van der Waals surface area contributed by atoms with Gasteiger partial charge in [-0.2, -0.15) is 0 Å². The SMILES string of the molecule is CN=C(NCc1ccc(F)cc1)NCc1ccc(CN2CCOCC2)cc1.I. The molecule has 1 fully saturated rings. The van der Waals surface area contributed by atoms with Crippen molar-refractivity contribution in [3.05, 3.63) is 71.0 Å². The number of hydrogen-bond donors (Lipinski definition) is 2. The van der Waals surface area contributed by atoms with Gasteiger partial charge in [0.15, 0.2) is 5.96 Å². The minimum absolute atomic E-state index is 0. The van der Waals surface area contributed by atoms with E-state index in [0.29, 0.717) is 13.1 Å². The summed E-state index contributed by atoms with van der Waals surface area (Å²) in [7, 11) is 1.74. The highest BCUT2D eigenvalue weighted by Crippen LogP contribution is 2.09. The van der Waals surface area contributed by atoms with Crippen molar-refractivity contribution in [2.75, 3.05) is 33.4 Å². The molecule has 0 bridgehead atoms. The molecule has 28 heavy (non-hydrogen) atoms. The van der Waals surface area contributed by atoms with Crippen LogP contribution in [0.1, 0.15) is 16.7 Å². The van der Waals surface area contributed by atoms with Crippen LogP contribution in [0.25, 0.3) is 0 Å². The Labute approximate surface area is 183 Å². The summed E-state index contributed by atoms with van der Waals surface area (Å²) in [6, 6.07) is 15.1. The smallest absolute Gasteiger partial charge is 0.191 e. The zero-order valence-electron chi connectivity index (χ0n) is 16.2. The molecule has 0 spiro atoms. The molecule has 0 atom stereocenters. The van der Waals surface area contributed by atoms with E-state index in [1.54, 1.807) is 19.2 Å². The summed E-state index contributed by atoms with van der Waals surface area (Å²) < 4.78 is 18.3. The molecule has 3 rings (SSSR count). The molecular weight excluding hydrogens is 470 g/mol. The Morgan fingerprint density at radius 1 is 0.929 bits per heavy atom. The Hall–Kier alpha value is -1.71. The van der Waals surface area contributed by atoms with Crippen LogP contribution in [-0.4, -0.2) is 44.2 Å². The lowest BCUT2D eigenvalue weighted by Crippen LogP contribution is -2.36. The molecule has 1 saturated heterocycles. The van der Waals surface area contributed by atoms with Gasteiger partial charge in [-0.15, -0.1) is 24.0 Å². The fourth-order valence-electron chi connectivity index (χ4n) is 2.97. The molecule has 7 heteroatoms. The lowest BCUT2D eigenvalue weighted by Gasteiger charge is -2.26. The van der Waals surface area contributed by atoms with Crippen molar-refractivity contribution in [1.29, 1.82) is 0 Å². The van der Waals surface area contributed by atoms with Gasteiger partial charge in [-0.3, -0.25) is 9.89 Å². The van der Waals surface area contributed by atoms with Crippen molar-refractivity contribution in [3.63, 3.8) is 0 Å². The third-order valence-corrected chi connectivity index (χ3v) is 4.59. The highest BCUT2D eigenvalue weighted by molar-refractivity contribution is 14.0. The van der Waals surface area contributed by atoms with Gasteiger partial charge in [-0.1, -0.05) is 36.4 Å². The maximum Gasteiger partial charge on any atom is 0.191 e. The van der Waals surface area contributed by atoms with E-state index in [2.05, 4.69) is 44.8 Å². The van der Waals surface area contributed by atoms with Crippen LogP contribution in [0.5, 0.6) is 0 Å². The van der Waals surface area contributed by atoms with Crippen LogP contribution in [0.2, 0.25) is 0 Å². The van der Waals surface area contributed by atoms with E-state index in [1.165, 1.54) is 23.3 Å². The van der Waals surface area contributed by atoms with Crippen LogP contribution in [0, 0.1) is 5.82 Å². The van der Waals surface area contributed by atoms with E-state index < -0.39 is 0 Å². The second-order valence-corrected chi connectivity index (χ2v) is 6.61. The fraction of sp³-hybridized carbons (Fsp3) is 0.381. The standard InChI is InChI=1S/C21H27FN4O.HI/c1-23-21(25-15-18-6-8-20(22)9-7-18)24-14-17-2-4-19(5-3-17)16-26-10-12-27-13-11-26;/h2-9H,10-16H2,1H3,(H2,23,24,25);1H. The lowest BCUT2D eigenvalue weighted by atomic mass is 10.1. The van der Waals surface area contributed by atoms with Gasteiger partial charge in [0, 0.05) is 39.8 Å². The Morgan fingerprint density at radius 2 is 1.43 bits per heavy atom. The number of halogens is 2. The molecule has 0 aliphatic carbocycles. The predicted octanol–water partition coefficient (Wildman–Crippen LogP) is 3.14. The number of nitrogens with zero attached hydrogens (tertiary/aromatic N) is 2. The van der Waals surface area contributed by atoms with Crippen LogP contribution in [0.3, 0.4) is 0 Å². The van der Waals surface area contributed by atoms with Crippen LogP contribution in [0.15, 0.2) is 53.5 Å². The first-order valence-corrected chi connectivity index (χ1v) is 9.30. The number of hydrogen-bond acceptors (Lipinski definition) is 3. The fourth-order valence-corrected chi connectivity index (χ4v) is 2.97. The van der Waals surface area contributed by atoms with Crippen molar-refractivity contribution in [2.45, 2.75) is 19.6 Å². The number of nitrogens with one attached hydrogen (secondary N) is 2. The highest BCUT2D eigenvalue weighted by Gasteiger charge is 2.10. The third kappa shape index (κ3) is 7.37. The Balaban J connectivity index is 0.00000280. The van der Waals surface area contributed by atoms with Gasteiger partial charge in [-0.05, 0) is 28.8 Å². The number of ether oxygens (including phenoxy) is 1. The van der Waals surface area contributed by atoms with Crippen LogP contribution in [-0.2, 0) is 24.4 Å². The largest absolute Gasteiger partial charge is 0.379 e. The molecule has 1 heterocycles. The molecule has 1 aliphatic rings. The molecule has 0 aromatic heterocycles. The minimum Gasteiger partial charge on any atom is -0.379 e. The maximum absolute atomic E-state index is 13.0. The molecule has 152 valence electrons. The average molecular weight is 498 g/mol. The number of benzene rings is 2. The summed E-state index contributed by atoms with van der Waals surface area (Å²) in [5, 5.41) is 6.54. The molecule has 0 saturated carbocycles. The minimum atomic E-state index is -0.224. The second kappa shape index (κ2) is 12.0. The lowest BCUT2D eigenvalue weighted by molar-refractivity contribution is 0.0342. The van der Waals surface area contributed by atoms with E-state index in [-0.39, 0.29) is 29.8 Å². The first kappa shape index (κ1) is 22.6. The quantitative estimate of drug-likeness (QED) is 0.365. The van der Waals surface area contributed by atoms with E-state index in [4.69, 9.17) is 4.74 Å². The van der Waals surface area contributed by atoms with Gasteiger partial charge in [0.25, 0.3) is 0 Å². The van der Waals surface area contributed by atoms with Crippen LogP contribution < -0.4 is 10.6 Å². The second-order valence-electron chi connectivity index (χ2n) is 6.61. The van der Waals surface area contributed by atoms with E-state index >= 15 is 0 Å². The molecule has 0 radical (unpaired) electrons. The van der Waals surface area contributed by atoms with E-state index in [1.807, 2.05) is 0 Å². The summed E-state index contributed by atoms with van der Waals surface area (Å²) in [6.07, 6.45) is 0. The molecular formula is C21H28FIN4O. The van der Waals surface area contributed by atoms with Crippen molar-refractivity contribution >= 4 is 29.9 Å². The van der Waals surface area contributed by atoms with Gasteiger partial charge in [0.1, 0.15) is 5.82 Å². The zero-order chi connectivity index (χ0) is 18.9. The van der Waals surface area contributed by atoms with Crippen LogP contribution >= 0.6 is 24.0 Å². The highest BCUT2D eigenvalue weighted by atomic mass is 127. The number of guanidine groups is 1. The van der Waals surface area contributed by atoms with E-state index in [9.17, 15) is 4.39 Å². The van der Waals surface area contributed by atoms with Crippen LogP contribution in [0.4, 0.5) is 4.39 Å². The predicted molar refractivity (Wildman–Crippen MR) is 121 cm³/mol. The summed E-state index contributed by atoms with van der Waals surface area (Å²) in [6.45, 7) is 5.91. The Bertz CT molecular complexity index is 731. The van der Waals surface area contributed by atoms with Gasteiger partial charge < -0.3 is 15.4 Å². The van der Waals surface area contributed by atoms with Gasteiger partial charge in [0.05, 0.1) is 13.2 Å². The van der Waals surface area contributed by atoms with Crippen molar-refractivity contribution in [3.8, 4) is 0 Å². The molecule has 1 aliphatic heterocycles. The molecule has 0 unspecified atom stereocenters. The number of aliphatic imine (C=N–C) groups is 1. The molecule has 5 nitrogen and oxygen atoms in total. The number of rotatable bonds is 6. The van der Waals surface area contributed by atoms with E-state index in [0.717, 1.165) is 44.4 Å². The zero-order valence-corrected chi connectivity index (χ0v) is 18.5. The first-order valence-electron chi connectivity index (χ1n) is 9.30. The Kier molecular flexibility index (Phi) is 9.66. The summed E-state index contributed by atoms with van der Waals surface area (Å²) in [5.74, 6) is 0.495. The third-order valence-electron chi connectivity index (χ3n) is 4.59. The average Bonchev–Trinajstić information content (AvgIpc) is 2.71. The first-order chi connectivity index (χ1) is 13.2. The van der Waals surface area contributed by atoms with Crippen molar-refractivity contribution < 1.29 is 9.13 Å². The summed E-state index contributed by atoms with van der Waals surface area (Å²) >= 11 is 0.